The lowest BCUT2D eigenvalue weighted by Gasteiger charge is -2.15. The van der Waals surface area contributed by atoms with Crippen LogP contribution in [0.4, 0.5) is 4.79 Å². The average Bonchev–Trinajstić information content (AvgIpc) is 2.53. The molecule has 2 aromatic rings. The summed E-state index contributed by atoms with van der Waals surface area (Å²) in [5, 5.41) is 5.55. The Balaban J connectivity index is 1.90. The second kappa shape index (κ2) is 7.23. The zero-order valence-corrected chi connectivity index (χ0v) is 13.8. The maximum atomic E-state index is 11.9. The van der Waals surface area contributed by atoms with Crippen LogP contribution >= 0.6 is 0 Å². The number of sulfone groups is 1. The molecule has 122 valence electrons. The van der Waals surface area contributed by atoms with Gasteiger partial charge < -0.3 is 10.6 Å². The highest BCUT2D eigenvalue weighted by Crippen LogP contribution is 2.16. The van der Waals surface area contributed by atoms with Gasteiger partial charge in [0.15, 0.2) is 9.84 Å². The standard InChI is InChI=1S/C16H19N3O3S/c1-12(14-5-7-15(8-6-14)23(2,21)22)19-16(20)18-11-13-4-3-9-17-10-13/h3-10,12H,11H2,1-2H3,(H2,18,19,20). The lowest BCUT2D eigenvalue weighted by molar-refractivity contribution is 0.237. The Morgan fingerprint density at radius 2 is 1.91 bits per heavy atom. The van der Waals surface area contributed by atoms with E-state index in [0.717, 1.165) is 17.4 Å². The number of rotatable bonds is 5. The number of carbonyl (C=O) groups excluding carboxylic acids is 1. The van der Waals surface area contributed by atoms with Crippen molar-refractivity contribution in [1.82, 2.24) is 15.6 Å². The number of benzene rings is 1. The Labute approximate surface area is 135 Å². The fraction of sp³-hybridized carbons (Fsp3) is 0.250. The smallest absolute Gasteiger partial charge is 0.315 e. The van der Waals surface area contributed by atoms with E-state index in [4.69, 9.17) is 0 Å². The molecule has 0 fully saturated rings. The van der Waals surface area contributed by atoms with Crippen molar-refractivity contribution in [1.29, 1.82) is 0 Å². The van der Waals surface area contributed by atoms with Crippen LogP contribution in [0.1, 0.15) is 24.1 Å². The molecule has 1 atom stereocenters. The molecule has 0 aliphatic carbocycles. The van der Waals surface area contributed by atoms with Crippen molar-refractivity contribution in [3.05, 3.63) is 59.9 Å². The number of hydrogen-bond acceptors (Lipinski definition) is 4. The van der Waals surface area contributed by atoms with Crippen LogP contribution in [0.15, 0.2) is 53.7 Å². The molecule has 0 aliphatic rings. The summed E-state index contributed by atoms with van der Waals surface area (Å²) >= 11 is 0. The Bertz CT molecular complexity index is 759. The van der Waals surface area contributed by atoms with Crippen LogP contribution in [-0.2, 0) is 16.4 Å². The normalized spacial score (nSPS) is 12.4. The van der Waals surface area contributed by atoms with Crippen molar-refractivity contribution in [2.24, 2.45) is 0 Å². The van der Waals surface area contributed by atoms with Gasteiger partial charge in [0.2, 0.25) is 0 Å². The average molecular weight is 333 g/mol. The SMILES string of the molecule is CC(NC(=O)NCc1cccnc1)c1ccc(S(C)(=O)=O)cc1. The Kier molecular flexibility index (Phi) is 5.33. The Morgan fingerprint density at radius 3 is 2.48 bits per heavy atom. The van der Waals surface area contributed by atoms with Gasteiger partial charge in [-0.15, -0.1) is 0 Å². The lowest BCUT2D eigenvalue weighted by atomic mass is 10.1. The van der Waals surface area contributed by atoms with E-state index in [9.17, 15) is 13.2 Å². The molecule has 0 radical (unpaired) electrons. The van der Waals surface area contributed by atoms with E-state index in [0.29, 0.717) is 6.54 Å². The van der Waals surface area contributed by atoms with Gasteiger partial charge in [-0.2, -0.15) is 0 Å². The number of hydrogen-bond donors (Lipinski definition) is 2. The van der Waals surface area contributed by atoms with Crippen LogP contribution in [0.5, 0.6) is 0 Å². The second-order valence-corrected chi connectivity index (χ2v) is 7.27. The summed E-state index contributed by atoms with van der Waals surface area (Å²) in [6.45, 7) is 2.22. The first kappa shape index (κ1) is 17.0. The van der Waals surface area contributed by atoms with Crippen molar-refractivity contribution >= 4 is 15.9 Å². The zero-order valence-electron chi connectivity index (χ0n) is 13.0. The number of urea groups is 1. The van der Waals surface area contributed by atoms with Crippen molar-refractivity contribution in [2.45, 2.75) is 24.4 Å². The summed E-state index contributed by atoms with van der Waals surface area (Å²) in [5.74, 6) is 0. The van der Waals surface area contributed by atoms with Crippen LogP contribution in [0.25, 0.3) is 0 Å². The molecule has 1 aromatic carbocycles. The number of nitrogens with one attached hydrogen (secondary N) is 2. The summed E-state index contributed by atoms with van der Waals surface area (Å²) in [4.78, 5) is 16.1. The molecule has 1 unspecified atom stereocenters. The fourth-order valence-corrected chi connectivity index (χ4v) is 2.65. The van der Waals surface area contributed by atoms with Gasteiger partial charge >= 0.3 is 6.03 Å². The van der Waals surface area contributed by atoms with Crippen LogP contribution in [-0.4, -0.2) is 25.7 Å². The van der Waals surface area contributed by atoms with Gasteiger partial charge in [0.05, 0.1) is 10.9 Å². The molecule has 0 bridgehead atoms. The second-order valence-electron chi connectivity index (χ2n) is 5.25. The number of aromatic nitrogens is 1. The highest BCUT2D eigenvalue weighted by Gasteiger charge is 2.11. The van der Waals surface area contributed by atoms with Crippen LogP contribution in [0.3, 0.4) is 0 Å². The summed E-state index contributed by atoms with van der Waals surface area (Å²) in [6, 6.07) is 9.62. The zero-order chi connectivity index (χ0) is 16.9. The molecule has 2 amide bonds. The predicted molar refractivity (Wildman–Crippen MR) is 87.6 cm³/mol. The fourth-order valence-electron chi connectivity index (χ4n) is 2.02. The maximum absolute atomic E-state index is 11.9. The predicted octanol–water partition coefficient (Wildman–Crippen LogP) is 2.05. The van der Waals surface area contributed by atoms with E-state index >= 15 is 0 Å². The summed E-state index contributed by atoms with van der Waals surface area (Å²) in [7, 11) is -3.21. The van der Waals surface area contributed by atoms with Gasteiger partial charge in [0, 0.05) is 25.2 Å². The van der Waals surface area contributed by atoms with Crippen molar-refractivity contribution in [3.8, 4) is 0 Å². The highest BCUT2D eigenvalue weighted by molar-refractivity contribution is 7.90. The first-order valence-electron chi connectivity index (χ1n) is 7.09. The third-order valence-corrected chi connectivity index (χ3v) is 4.46. The minimum absolute atomic E-state index is 0.238. The molecule has 1 heterocycles. The molecule has 0 spiro atoms. The largest absolute Gasteiger partial charge is 0.334 e. The topological polar surface area (TPSA) is 88.2 Å². The van der Waals surface area contributed by atoms with E-state index in [-0.39, 0.29) is 17.0 Å². The molecule has 2 N–H and O–H groups in total. The number of pyridine rings is 1. The van der Waals surface area contributed by atoms with E-state index in [1.807, 2.05) is 13.0 Å². The van der Waals surface area contributed by atoms with Crippen LogP contribution in [0, 0.1) is 0 Å². The molecule has 0 aliphatic heterocycles. The van der Waals surface area contributed by atoms with Crippen molar-refractivity contribution in [2.75, 3.05) is 6.26 Å². The summed E-state index contributed by atoms with van der Waals surface area (Å²) in [6.07, 6.45) is 4.52. The van der Waals surface area contributed by atoms with Crippen molar-refractivity contribution < 1.29 is 13.2 Å². The van der Waals surface area contributed by atoms with Crippen LogP contribution in [0.2, 0.25) is 0 Å². The Morgan fingerprint density at radius 1 is 1.22 bits per heavy atom. The monoisotopic (exact) mass is 333 g/mol. The molecular weight excluding hydrogens is 314 g/mol. The first-order chi connectivity index (χ1) is 10.9. The lowest BCUT2D eigenvalue weighted by Crippen LogP contribution is -2.36. The number of nitrogens with zero attached hydrogens (tertiary/aromatic N) is 1. The molecule has 7 heteroatoms. The molecule has 2 rings (SSSR count). The van der Waals surface area contributed by atoms with Gasteiger partial charge in [-0.05, 0) is 36.2 Å². The van der Waals surface area contributed by atoms with Gasteiger partial charge in [-0.1, -0.05) is 18.2 Å². The quantitative estimate of drug-likeness (QED) is 0.876. The van der Waals surface area contributed by atoms with Gasteiger partial charge in [-0.3, -0.25) is 4.98 Å². The minimum atomic E-state index is -3.21. The van der Waals surface area contributed by atoms with E-state index in [2.05, 4.69) is 15.6 Å². The van der Waals surface area contributed by atoms with Crippen LogP contribution < -0.4 is 10.6 Å². The van der Waals surface area contributed by atoms with Gasteiger partial charge in [0.25, 0.3) is 0 Å². The maximum Gasteiger partial charge on any atom is 0.315 e. The molecular formula is C16H19N3O3S. The molecule has 0 saturated heterocycles. The molecule has 1 aromatic heterocycles. The van der Waals surface area contributed by atoms with Gasteiger partial charge in [-0.25, -0.2) is 13.2 Å². The van der Waals surface area contributed by atoms with E-state index < -0.39 is 9.84 Å². The third kappa shape index (κ3) is 5.07. The highest BCUT2D eigenvalue weighted by atomic mass is 32.2. The summed E-state index contributed by atoms with van der Waals surface area (Å²) in [5.41, 5.74) is 1.74. The number of amides is 2. The molecule has 0 saturated carbocycles. The summed E-state index contributed by atoms with van der Waals surface area (Å²) < 4.78 is 22.9. The van der Waals surface area contributed by atoms with E-state index in [1.54, 1.807) is 30.6 Å². The van der Waals surface area contributed by atoms with Gasteiger partial charge in [0.1, 0.15) is 0 Å². The first-order valence-corrected chi connectivity index (χ1v) is 8.98. The number of carbonyl (C=O) groups is 1. The molecule has 23 heavy (non-hydrogen) atoms. The van der Waals surface area contributed by atoms with Crippen molar-refractivity contribution in [3.63, 3.8) is 0 Å². The minimum Gasteiger partial charge on any atom is -0.334 e. The molecule has 6 nitrogen and oxygen atoms in total. The Hall–Kier alpha value is -2.41. The third-order valence-electron chi connectivity index (χ3n) is 3.33. The van der Waals surface area contributed by atoms with E-state index in [1.165, 1.54) is 12.1 Å².